The molecule has 0 aliphatic rings. The van der Waals surface area contributed by atoms with E-state index in [4.69, 9.17) is 5.11 Å². The summed E-state index contributed by atoms with van der Waals surface area (Å²) in [7, 11) is 0. The van der Waals surface area contributed by atoms with E-state index in [1.807, 2.05) is 37.3 Å². The lowest BCUT2D eigenvalue weighted by Crippen LogP contribution is -2.41. The third-order valence-electron chi connectivity index (χ3n) is 2.75. The molecule has 0 spiro atoms. The number of carboxylic acids is 1. The third-order valence-corrected chi connectivity index (χ3v) is 2.75. The zero-order valence-corrected chi connectivity index (χ0v) is 11.3. The third kappa shape index (κ3) is 4.99. The van der Waals surface area contributed by atoms with Crippen LogP contribution in [0.15, 0.2) is 30.3 Å². The predicted molar refractivity (Wildman–Crippen MR) is 74.3 cm³/mol. The van der Waals surface area contributed by atoms with E-state index in [2.05, 4.69) is 5.32 Å². The number of anilines is 1. The fourth-order valence-electron chi connectivity index (χ4n) is 1.78. The number of rotatable bonds is 6. The second kappa shape index (κ2) is 7.41. The van der Waals surface area contributed by atoms with Gasteiger partial charge in [-0.25, -0.2) is 4.79 Å². The Labute approximate surface area is 113 Å². The molecule has 5 nitrogen and oxygen atoms in total. The first-order valence-electron chi connectivity index (χ1n) is 6.36. The van der Waals surface area contributed by atoms with Crippen LogP contribution in [0.1, 0.15) is 20.3 Å². The van der Waals surface area contributed by atoms with Gasteiger partial charge in [-0.1, -0.05) is 25.1 Å². The van der Waals surface area contributed by atoms with Crippen LogP contribution < -0.4 is 10.2 Å². The maximum absolute atomic E-state index is 12.0. The molecule has 1 aromatic carbocycles. The number of nitrogens with zero attached hydrogens (tertiary/aromatic N) is 1. The minimum Gasteiger partial charge on any atom is -0.481 e. The Morgan fingerprint density at radius 3 is 2.47 bits per heavy atom. The number of hydrogen-bond acceptors (Lipinski definition) is 2. The van der Waals surface area contributed by atoms with Crippen molar-refractivity contribution in [1.29, 1.82) is 0 Å². The highest BCUT2D eigenvalue weighted by Gasteiger charge is 2.15. The summed E-state index contributed by atoms with van der Waals surface area (Å²) in [6.07, 6.45) is 0.0533. The number of hydrogen-bond donors (Lipinski definition) is 2. The normalized spacial score (nSPS) is 11.7. The Morgan fingerprint density at radius 2 is 1.95 bits per heavy atom. The van der Waals surface area contributed by atoms with Crippen molar-refractivity contribution in [1.82, 2.24) is 5.32 Å². The first-order chi connectivity index (χ1) is 9.04. The first-order valence-corrected chi connectivity index (χ1v) is 6.36. The number of amides is 2. The van der Waals surface area contributed by atoms with Crippen molar-refractivity contribution in [3.8, 4) is 0 Å². The van der Waals surface area contributed by atoms with Crippen LogP contribution >= 0.6 is 0 Å². The number of urea groups is 1. The number of carbonyl (C=O) groups excluding carboxylic acids is 1. The van der Waals surface area contributed by atoms with Crippen molar-refractivity contribution in [2.24, 2.45) is 5.92 Å². The number of carboxylic acid groups (broad SMARTS) is 1. The molecule has 0 aliphatic carbocycles. The molecule has 0 heterocycles. The van der Waals surface area contributed by atoms with Crippen LogP contribution in [0.2, 0.25) is 0 Å². The van der Waals surface area contributed by atoms with Gasteiger partial charge in [-0.15, -0.1) is 0 Å². The van der Waals surface area contributed by atoms with Gasteiger partial charge in [-0.2, -0.15) is 0 Å². The summed E-state index contributed by atoms with van der Waals surface area (Å²) in [6.45, 7) is 4.61. The van der Waals surface area contributed by atoms with E-state index >= 15 is 0 Å². The summed E-state index contributed by atoms with van der Waals surface area (Å²) in [6, 6.07) is 9.17. The van der Waals surface area contributed by atoms with Crippen LogP contribution in [-0.4, -0.2) is 30.2 Å². The molecule has 1 atom stereocenters. The molecular formula is C14H20N2O3. The number of benzene rings is 1. The van der Waals surface area contributed by atoms with Crippen molar-refractivity contribution in [2.45, 2.75) is 20.3 Å². The highest BCUT2D eigenvalue weighted by Crippen LogP contribution is 2.12. The second-order valence-corrected chi connectivity index (χ2v) is 4.47. The Hall–Kier alpha value is -2.04. The molecule has 0 radical (unpaired) electrons. The van der Waals surface area contributed by atoms with Gasteiger partial charge in [0.15, 0.2) is 0 Å². The summed E-state index contributed by atoms with van der Waals surface area (Å²) in [5.41, 5.74) is 0.827. The van der Waals surface area contributed by atoms with E-state index in [9.17, 15) is 9.59 Å². The molecule has 5 heteroatoms. The largest absolute Gasteiger partial charge is 0.481 e. The average Bonchev–Trinajstić information content (AvgIpc) is 2.38. The first kappa shape index (κ1) is 15.0. The zero-order valence-electron chi connectivity index (χ0n) is 11.3. The summed E-state index contributed by atoms with van der Waals surface area (Å²) in [5, 5.41) is 11.4. The van der Waals surface area contributed by atoms with Crippen molar-refractivity contribution < 1.29 is 14.7 Å². The molecular weight excluding hydrogens is 244 g/mol. The van der Waals surface area contributed by atoms with Gasteiger partial charge in [0.25, 0.3) is 0 Å². The lowest BCUT2D eigenvalue weighted by molar-refractivity contribution is -0.137. The Morgan fingerprint density at radius 1 is 1.32 bits per heavy atom. The van der Waals surface area contributed by atoms with Gasteiger partial charge in [0.1, 0.15) is 0 Å². The van der Waals surface area contributed by atoms with Crippen LogP contribution in [0.25, 0.3) is 0 Å². The number of carbonyl (C=O) groups is 2. The number of nitrogens with one attached hydrogen (secondary N) is 1. The van der Waals surface area contributed by atoms with E-state index in [0.29, 0.717) is 13.1 Å². The smallest absolute Gasteiger partial charge is 0.321 e. The summed E-state index contributed by atoms with van der Waals surface area (Å²) in [4.78, 5) is 24.2. The topological polar surface area (TPSA) is 69.6 Å². The molecule has 0 saturated carbocycles. The summed E-state index contributed by atoms with van der Waals surface area (Å²) < 4.78 is 0. The van der Waals surface area contributed by atoms with Crippen LogP contribution in [0.3, 0.4) is 0 Å². The molecule has 0 saturated heterocycles. The van der Waals surface area contributed by atoms with Crippen molar-refractivity contribution >= 4 is 17.7 Å². The van der Waals surface area contributed by atoms with E-state index in [-0.39, 0.29) is 18.4 Å². The molecule has 1 unspecified atom stereocenters. The van der Waals surface area contributed by atoms with Gasteiger partial charge in [0, 0.05) is 25.2 Å². The molecule has 19 heavy (non-hydrogen) atoms. The van der Waals surface area contributed by atoms with Crippen LogP contribution in [0, 0.1) is 5.92 Å². The van der Waals surface area contributed by atoms with Gasteiger partial charge in [0.05, 0.1) is 0 Å². The van der Waals surface area contributed by atoms with E-state index in [1.54, 1.807) is 11.8 Å². The molecule has 0 fully saturated rings. The van der Waals surface area contributed by atoms with E-state index in [0.717, 1.165) is 5.69 Å². The Kier molecular flexibility index (Phi) is 5.85. The molecule has 0 aliphatic heterocycles. The molecule has 104 valence electrons. The van der Waals surface area contributed by atoms with Crippen molar-refractivity contribution in [3.05, 3.63) is 30.3 Å². The molecule has 1 rings (SSSR count). The highest BCUT2D eigenvalue weighted by atomic mass is 16.4. The molecule has 2 amide bonds. The predicted octanol–water partition coefficient (Wildman–Crippen LogP) is 2.33. The van der Waals surface area contributed by atoms with Gasteiger partial charge < -0.3 is 10.4 Å². The van der Waals surface area contributed by atoms with Crippen LogP contribution in [0.4, 0.5) is 10.5 Å². The van der Waals surface area contributed by atoms with Gasteiger partial charge in [-0.05, 0) is 25.0 Å². The maximum Gasteiger partial charge on any atom is 0.321 e. The minimum absolute atomic E-state index is 0.0533. The number of para-hydroxylation sites is 1. The van der Waals surface area contributed by atoms with E-state index in [1.165, 1.54) is 0 Å². The van der Waals surface area contributed by atoms with Gasteiger partial charge >= 0.3 is 12.0 Å². The average molecular weight is 264 g/mol. The molecule has 0 bridgehead atoms. The SMILES string of the molecule is CCN(C(=O)NCC(C)CC(=O)O)c1ccccc1. The Bertz CT molecular complexity index is 420. The van der Waals surface area contributed by atoms with Gasteiger partial charge in [-0.3, -0.25) is 9.69 Å². The van der Waals surface area contributed by atoms with Crippen LogP contribution in [0.5, 0.6) is 0 Å². The minimum atomic E-state index is -0.850. The summed E-state index contributed by atoms with van der Waals surface area (Å²) >= 11 is 0. The fourth-order valence-corrected chi connectivity index (χ4v) is 1.78. The molecule has 0 aromatic heterocycles. The van der Waals surface area contributed by atoms with E-state index < -0.39 is 5.97 Å². The second-order valence-electron chi connectivity index (χ2n) is 4.47. The summed E-state index contributed by atoms with van der Waals surface area (Å²) in [5.74, 6) is -0.937. The monoisotopic (exact) mass is 264 g/mol. The lowest BCUT2D eigenvalue weighted by Gasteiger charge is -2.22. The van der Waals surface area contributed by atoms with Crippen LogP contribution in [-0.2, 0) is 4.79 Å². The highest BCUT2D eigenvalue weighted by molar-refractivity contribution is 5.91. The maximum atomic E-state index is 12.0. The Balaban J connectivity index is 2.54. The molecule has 2 N–H and O–H groups in total. The zero-order chi connectivity index (χ0) is 14.3. The van der Waals surface area contributed by atoms with Crippen molar-refractivity contribution in [2.75, 3.05) is 18.0 Å². The quantitative estimate of drug-likeness (QED) is 0.828. The van der Waals surface area contributed by atoms with Crippen molar-refractivity contribution in [3.63, 3.8) is 0 Å². The standard InChI is InChI=1S/C14H20N2O3/c1-3-16(12-7-5-4-6-8-12)14(19)15-10-11(2)9-13(17)18/h4-8,11H,3,9-10H2,1-2H3,(H,15,19)(H,17,18). The molecule has 1 aromatic rings. The van der Waals surface area contributed by atoms with Gasteiger partial charge in [0.2, 0.25) is 0 Å². The fraction of sp³-hybridized carbons (Fsp3) is 0.429. The lowest BCUT2D eigenvalue weighted by atomic mass is 10.1. The number of aliphatic carboxylic acids is 1.